The first-order chi connectivity index (χ1) is 9.81. The minimum Gasteiger partial charge on any atom is -0.343 e. The summed E-state index contributed by atoms with van der Waals surface area (Å²) in [5, 5.41) is 0. The van der Waals surface area contributed by atoms with Crippen molar-refractivity contribution in [2.24, 2.45) is 0 Å². The number of piperidine rings is 1. The van der Waals surface area contributed by atoms with E-state index in [-0.39, 0.29) is 0 Å². The second-order valence-corrected chi connectivity index (χ2v) is 6.56. The Kier molecular flexibility index (Phi) is 6.43. The number of unbranched alkanes of at least 4 members (excludes halogenated alkanes) is 1. The summed E-state index contributed by atoms with van der Waals surface area (Å²) in [7, 11) is 0. The van der Waals surface area contributed by atoms with Crippen molar-refractivity contribution in [3.05, 3.63) is 18.7 Å². The molecule has 1 saturated heterocycles. The van der Waals surface area contributed by atoms with E-state index in [4.69, 9.17) is 0 Å². The first-order valence-electron chi connectivity index (χ1n) is 7.64. The lowest BCUT2D eigenvalue weighted by Gasteiger charge is -2.32. The summed E-state index contributed by atoms with van der Waals surface area (Å²) < 4.78 is 2.17. The summed E-state index contributed by atoms with van der Waals surface area (Å²) in [6.07, 6.45) is 11.0. The van der Waals surface area contributed by atoms with Gasteiger partial charge in [0, 0.05) is 43.7 Å². The molecule has 0 aliphatic carbocycles. The zero-order chi connectivity index (χ0) is 14.2. The van der Waals surface area contributed by atoms with Gasteiger partial charge < -0.3 is 9.47 Å². The van der Waals surface area contributed by atoms with E-state index >= 15 is 0 Å². The Bertz CT molecular complexity index is 386. The SMILES string of the molecule is CCCCSCCC(=O)N1CCC(n2ccnc2)CC1. The number of amides is 1. The molecule has 0 radical (unpaired) electrons. The molecule has 2 rings (SSSR count). The standard InChI is InChI=1S/C15H25N3OS/c1-2-3-11-20-12-6-15(19)17-8-4-14(5-9-17)18-10-7-16-13-18/h7,10,13-14H,2-6,8-9,11-12H2,1H3. The highest BCUT2D eigenvalue weighted by Gasteiger charge is 2.22. The summed E-state index contributed by atoms with van der Waals surface area (Å²) in [5.74, 6) is 2.49. The van der Waals surface area contributed by atoms with Crippen molar-refractivity contribution in [2.75, 3.05) is 24.6 Å². The van der Waals surface area contributed by atoms with Crippen molar-refractivity contribution in [1.82, 2.24) is 14.5 Å². The molecule has 112 valence electrons. The van der Waals surface area contributed by atoms with Gasteiger partial charge in [-0.15, -0.1) is 0 Å². The molecule has 0 spiro atoms. The van der Waals surface area contributed by atoms with Crippen molar-refractivity contribution in [2.45, 2.75) is 45.1 Å². The second kappa shape index (κ2) is 8.35. The highest BCUT2D eigenvalue weighted by molar-refractivity contribution is 7.99. The summed E-state index contributed by atoms with van der Waals surface area (Å²) in [6, 6.07) is 0.514. The van der Waals surface area contributed by atoms with Crippen LogP contribution in [0.15, 0.2) is 18.7 Å². The predicted octanol–water partition coefficient (Wildman–Crippen LogP) is 2.97. The molecule has 5 heteroatoms. The van der Waals surface area contributed by atoms with Crippen molar-refractivity contribution >= 4 is 17.7 Å². The van der Waals surface area contributed by atoms with Gasteiger partial charge in [-0.05, 0) is 25.0 Å². The maximum Gasteiger partial charge on any atom is 0.223 e. The van der Waals surface area contributed by atoms with Gasteiger partial charge in [0.25, 0.3) is 0 Å². The normalized spacial score (nSPS) is 16.6. The number of likely N-dealkylation sites (tertiary alicyclic amines) is 1. The maximum absolute atomic E-state index is 12.1. The van der Waals surface area contributed by atoms with Crippen molar-refractivity contribution in [3.63, 3.8) is 0 Å². The second-order valence-electron chi connectivity index (χ2n) is 5.34. The highest BCUT2D eigenvalue weighted by Crippen LogP contribution is 2.22. The molecule has 0 atom stereocenters. The van der Waals surface area contributed by atoms with E-state index in [2.05, 4.69) is 16.5 Å². The van der Waals surface area contributed by atoms with Crippen LogP contribution in [-0.2, 0) is 4.79 Å². The Balaban J connectivity index is 1.64. The molecule has 1 aromatic rings. The Morgan fingerprint density at radius 2 is 2.15 bits per heavy atom. The van der Waals surface area contributed by atoms with E-state index in [1.165, 1.54) is 18.6 Å². The van der Waals surface area contributed by atoms with E-state index in [1.807, 2.05) is 35.4 Å². The maximum atomic E-state index is 12.1. The molecule has 0 aromatic carbocycles. The van der Waals surface area contributed by atoms with Gasteiger partial charge in [0.15, 0.2) is 0 Å². The number of aromatic nitrogens is 2. The highest BCUT2D eigenvalue weighted by atomic mass is 32.2. The van der Waals surface area contributed by atoms with Gasteiger partial charge in [-0.2, -0.15) is 11.8 Å². The molecule has 4 nitrogen and oxygen atoms in total. The largest absolute Gasteiger partial charge is 0.343 e. The summed E-state index contributed by atoms with van der Waals surface area (Å²) >= 11 is 1.91. The Hall–Kier alpha value is -0.970. The molecule has 2 heterocycles. The van der Waals surface area contributed by atoms with E-state index in [9.17, 15) is 4.79 Å². The summed E-state index contributed by atoms with van der Waals surface area (Å²) in [5.41, 5.74) is 0. The lowest BCUT2D eigenvalue weighted by Crippen LogP contribution is -2.39. The number of hydrogen-bond donors (Lipinski definition) is 0. The van der Waals surface area contributed by atoms with Crippen molar-refractivity contribution in [1.29, 1.82) is 0 Å². The van der Waals surface area contributed by atoms with Crippen LogP contribution in [0.4, 0.5) is 0 Å². The van der Waals surface area contributed by atoms with Gasteiger partial charge in [0.1, 0.15) is 0 Å². The number of carbonyl (C=O) groups is 1. The quantitative estimate of drug-likeness (QED) is 0.726. The van der Waals surface area contributed by atoms with Gasteiger partial charge in [-0.25, -0.2) is 4.98 Å². The van der Waals surface area contributed by atoms with Crippen LogP contribution in [0.5, 0.6) is 0 Å². The molecule has 1 fully saturated rings. The fourth-order valence-electron chi connectivity index (χ4n) is 2.56. The van der Waals surface area contributed by atoms with Crippen LogP contribution in [-0.4, -0.2) is 45.0 Å². The fraction of sp³-hybridized carbons (Fsp3) is 0.733. The van der Waals surface area contributed by atoms with Crippen LogP contribution in [0, 0.1) is 0 Å². The van der Waals surface area contributed by atoms with E-state index < -0.39 is 0 Å². The molecule has 1 aromatic heterocycles. The molecule has 1 aliphatic heterocycles. The third-order valence-corrected chi connectivity index (χ3v) is 4.94. The topological polar surface area (TPSA) is 38.1 Å². The van der Waals surface area contributed by atoms with Crippen LogP contribution in [0.25, 0.3) is 0 Å². The van der Waals surface area contributed by atoms with E-state index in [0.717, 1.165) is 31.7 Å². The molecule has 0 unspecified atom stereocenters. The lowest BCUT2D eigenvalue weighted by atomic mass is 10.0. The van der Waals surface area contributed by atoms with Crippen LogP contribution in [0.2, 0.25) is 0 Å². The number of rotatable bonds is 7. The first kappa shape index (κ1) is 15.4. The summed E-state index contributed by atoms with van der Waals surface area (Å²) in [4.78, 5) is 18.2. The summed E-state index contributed by atoms with van der Waals surface area (Å²) in [6.45, 7) is 3.98. The van der Waals surface area contributed by atoms with Crippen LogP contribution in [0.3, 0.4) is 0 Å². The number of imidazole rings is 1. The number of carbonyl (C=O) groups excluding carboxylic acids is 1. The average Bonchev–Trinajstić information content (AvgIpc) is 3.01. The predicted molar refractivity (Wildman–Crippen MR) is 83.9 cm³/mol. The molecule has 1 amide bonds. The zero-order valence-electron chi connectivity index (χ0n) is 12.3. The van der Waals surface area contributed by atoms with Gasteiger partial charge in [0.05, 0.1) is 6.33 Å². The molecule has 0 bridgehead atoms. The van der Waals surface area contributed by atoms with Crippen LogP contribution in [0.1, 0.15) is 45.1 Å². The van der Waals surface area contributed by atoms with Gasteiger partial charge in [-0.3, -0.25) is 4.79 Å². The Labute approximate surface area is 125 Å². The van der Waals surface area contributed by atoms with Crippen molar-refractivity contribution in [3.8, 4) is 0 Å². The molecule has 0 N–H and O–H groups in total. The smallest absolute Gasteiger partial charge is 0.223 e. The van der Waals surface area contributed by atoms with Gasteiger partial charge >= 0.3 is 0 Å². The van der Waals surface area contributed by atoms with E-state index in [1.54, 1.807) is 0 Å². The van der Waals surface area contributed by atoms with Crippen molar-refractivity contribution < 1.29 is 4.79 Å². The van der Waals surface area contributed by atoms with Crippen LogP contribution >= 0.6 is 11.8 Å². The van der Waals surface area contributed by atoms with E-state index in [0.29, 0.717) is 18.4 Å². The van der Waals surface area contributed by atoms with Gasteiger partial charge in [-0.1, -0.05) is 13.3 Å². The molecule has 20 heavy (non-hydrogen) atoms. The molecule has 0 saturated carbocycles. The molecular formula is C15H25N3OS. The minimum atomic E-state index is 0.332. The van der Waals surface area contributed by atoms with Gasteiger partial charge in [0.2, 0.25) is 5.91 Å². The number of hydrogen-bond acceptors (Lipinski definition) is 3. The average molecular weight is 295 g/mol. The zero-order valence-corrected chi connectivity index (χ0v) is 13.1. The molecule has 1 aliphatic rings. The van der Waals surface area contributed by atoms with Crippen LogP contribution < -0.4 is 0 Å². The third kappa shape index (κ3) is 4.54. The number of thioether (sulfide) groups is 1. The third-order valence-electron chi connectivity index (χ3n) is 3.87. The minimum absolute atomic E-state index is 0.332. The number of nitrogens with zero attached hydrogens (tertiary/aromatic N) is 3. The lowest BCUT2D eigenvalue weighted by molar-refractivity contribution is -0.132. The monoisotopic (exact) mass is 295 g/mol. The first-order valence-corrected chi connectivity index (χ1v) is 8.79. The Morgan fingerprint density at radius 3 is 2.80 bits per heavy atom. The Morgan fingerprint density at radius 1 is 1.35 bits per heavy atom. The fourth-order valence-corrected chi connectivity index (χ4v) is 3.58. The molecular weight excluding hydrogens is 270 g/mol.